The maximum atomic E-state index is 12.4. The minimum atomic E-state index is -0.0417. The van der Waals surface area contributed by atoms with Crippen molar-refractivity contribution in [3.8, 4) is 11.4 Å². The van der Waals surface area contributed by atoms with E-state index in [0.29, 0.717) is 12.1 Å². The highest BCUT2D eigenvalue weighted by Crippen LogP contribution is 2.22. The smallest absolute Gasteiger partial charge is 0.253 e. The molecule has 0 saturated heterocycles. The molecule has 0 aliphatic heterocycles. The Kier molecular flexibility index (Phi) is 7.32. The Morgan fingerprint density at radius 2 is 1.88 bits per heavy atom. The van der Waals surface area contributed by atoms with E-state index in [1.54, 1.807) is 7.11 Å². The molecule has 0 radical (unpaired) electrons. The molecule has 1 atom stereocenters. The van der Waals surface area contributed by atoms with Gasteiger partial charge in [-0.3, -0.25) is 4.79 Å². The number of methoxy groups -OCH3 is 1. The summed E-state index contributed by atoms with van der Waals surface area (Å²) >= 11 is 0. The predicted molar refractivity (Wildman–Crippen MR) is 99.9 cm³/mol. The van der Waals surface area contributed by atoms with Gasteiger partial charge in [-0.25, -0.2) is 0 Å². The van der Waals surface area contributed by atoms with E-state index < -0.39 is 0 Å². The molecule has 2 aromatic rings. The van der Waals surface area contributed by atoms with Crippen LogP contribution in [-0.4, -0.2) is 37.2 Å². The van der Waals surface area contributed by atoms with Gasteiger partial charge < -0.3 is 19.9 Å². The lowest BCUT2D eigenvalue weighted by atomic mass is 10.2. The van der Waals surface area contributed by atoms with Crippen molar-refractivity contribution in [2.75, 3.05) is 20.7 Å². The second-order valence-electron chi connectivity index (χ2n) is 5.72. The Hall–Kier alpha value is -1.98. The highest BCUT2D eigenvalue weighted by atomic mass is 35.5. The molecule has 1 aromatic carbocycles. The first-order valence-electron chi connectivity index (χ1n) is 7.76. The summed E-state index contributed by atoms with van der Waals surface area (Å²) in [5.74, 6) is 0.773. The number of aryl methyl sites for hydroxylation is 1. The van der Waals surface area contributed by atoms with Crippen LogP contribution in [0.1, 0.15) is 28.7 Å². The van der Waals surface area contributed by atoms with Crippen LogP contribution < -0.4 is 15.4 Å². The Labute approximate surface area is 149 Å². The maximum Gasteiger partial charge on any atom is 0.253 e. The number of carbonyl (C=O) groups excluding carboxylic acids is 1. The van der Waals surface area contributed by atoms with Crippen molar-refractivity contribution in [3.63, 3.8) is 0 Å². The lowest BCUT2D eigenvalue weighted by Gasteiger charge is -2.12. The third-order valence-electron chi connectivity index (χ3n) is 4.07. The van der Waals surface area contributed by atoms with Gasteiger partial charge in [-0.05, 0) is 58.2 Å². The molecule has 0 aliphatic carbocycles. The number of halogens is 1. The standard InChI is InChI=1S/C18H25N3O2.ClH/c1-12(19-4)11-20-18(22)17-10-13(2)21(14(17)3)15-6-8-16(23-5)9-7-15;/h6-10,12,19H,11H2,1-5H3,(H,20,22);1H. The third kappa shape index (κ3) is 4.30. The number of amides is 1. The average Bonchev–Trinajstić information content (AvgIpc) is 2.87. The zero-order valence-corrected chi connectivity index (χ0v) is 15.7. The first kappa shape index (κ1) is 20.1. The Morgan fingerprint density at radius 1 is 1.25 bits per heavy atom. The molecular weight excluding hydrogens is 326 g/mol. The van der Waals surface area contributed by atoms with Crippen molar-refractivity contribution in [1.29, 1.82) is 0 Å². The zero-order valence-electron chi connectivity index (χ0n) is 14.8. The molecular formula is C18H26ClN3O2. The summed E-state index contributed by atoms with van der Waals surface area (Å²) in [5.41, 5.74) is 3.69. The molecule has 0 bridgehead atoms. The van der Waals surface area contributed by atoms with Crippen LogP contribution in [0.3, 0.4) is 0 Å². The summed E-state index contributed by atoms with van der Waals surface area (Å²) in [4.78, 5) is 12.4. The van der Waals surface area contributed by atoms with E-state index in [-0.39, 0.29) is 24.4 Å². The number of benzene rings is 1. The van der Waals surface area contributed by atoms with Crippen LogP contribution in [-0.2, 0) is 0 Å². The van der Waals surface area contributed by atoms with Gasteiger partial charge in [0.1, 0.15) is 5.75 Å². The molecule has 0 saturated carbocycles. The fourth-order valence-electron chi connectivity index (χ4n) is 2.56. The van der Waals surface area contributed by atoms with Crippen LogP contribution in [0.5, 0.6) is 5.75 Å². The molecule has 5 nitrogen and oxygen atoms in total. The molecule has 6 heteroatoms. The number of aromatic nitrogens is 1. The number of nitrogens with zero attached hydrogens (tertiary/aromatic N) is 1. The highest BCUT2D eigenvalue weighted by Gasteiger charge is 2.16. The van der Waals surface area contributed by atoms with Crippen LogP contribution in [0.25, 0.3) is 5.69 Å². The van der Waals surface area contributed by atoms with E-state index in [4.69, 9.17) is 4.74 Å². The van der Waals surface area contributed by atoms with Gasteiger partial charge in [0.05, 0.1) is 12.7 Å². The van der Waals surface area contributed by atoms with Crippen LogP contribution in [0, 0.1) is 13.8 Å². The summed E-state index contributed by atoms with van der Waals surface area (Å²) in [6, 6.07) is 9.99. The molecule has 132 valence electrons. The van der Waals surface area contributed by atoms with Gasteiger partial charge in [-0.1, -0.05) is 0 Å². The minimum Gasteiger partial charge on any atom is -0.497 e. The lowest BCUT2D eigenvalue weighted by molar-refractivity contribution is 0.0950. The van der Waals surface area contributed by atoms with Crippen LogP contribution >= 0.6 is 12.4 Å². The molecule has 1 unspecified atom stereocenters. The van der Waals surface area contributed by atoms with E-state index in [0.717, 1.165) is 22.8 Å². The quantitative estimate of drug-likeness (QED) is 0.841. The summed E-state index contributed by atoms with van der Waals surface area (Å²) in [5, 5.41) is 6.07. The number of hydrogen-bond acceptors (Lipinski definition) is 3. The van der Waals surface area contributed by atoms with Crippen LogP contribution in [0.2, 0.25) is 0 Å². The molecule has 1 amide bonds. The van der Waals surface area contributed by atoms with Crippen molar-refractivity contribution >= 4 is 18.3 Å². The molecule has 2 N–H and O–H groups in total. The average molecular weight is 352 g/mol. The Balaban J connectivity index is 0.00000288. The van der Waals surface area contributed by atoms with E-state index in [1.165, 1.54) is 0 Å². The maximum absolute atomic E-state index is 12.4. The van der Waals surface area contributed by atoms with E-state index in [9.17, 15) is 4.79 Å². The number of rotatable bonds is 6. The minimum absolute atomic E-state index is 0. The molecule has 2 rings (SSSR count). The van der Waals surface area contributed by atoms with Crippen LogP contribution in [0.15, 0.2) is 30.3 Å². The normalized spacial score (nSPS) is 11.5. The number of hydrogen-bond donors (Lipinski definition) is 2. The van der Waals surface area contributed by atoms with Gasteiger partial charge >= 0.3 is 0 Å². The van der Waals surface area contributed by atoms with Gasteiger partial charge in [0, 0.05) is 29.7 Å². The van der Waals surface area contributed by atoms with Crippen molar-refractivity contribution in [1.82, 2.24) is 15.2 Å². The number of likely N-dealkylation sites (N-methyl/N-ethyl adjacent to an activating group) is 1. The fourth-order valence-corrected chi connectivity index (χ4v) is 2.56. The van der Waals surface area contributed by atoms with Crippen molar-refractivity contribution in [2.24, 2.45) is 0 Å². The fraction of sp³-hybridized carbons (Fsp3) is 0.389. The first-order chi connectivity index (χ1) is 11.0. The molecule has 1 aromatic heterocycles. The Morgan fingerprint density at radius 3 is 2.42 bits per heavy atom. The van der Waals surface area contributed by atoms with Crippen molar-refractivity contribution in [2.45, 2.75) is 26.8 Å². The van der Waals surface area contributed by atoms with E-state index >= 15 is 0 Å². The monoisotopic (exact) mass is 351 g/mol. The van der Waals surface area contributed by atoms with Gasteiger partial charge in [-0.2, -0.15) is 0 Å². The summed E-state index contributed by atoms with van der Waals surface area (Å²) in [6.45, 7) is 6.60. The molecule has 24 heavy (non-hydrogen) atoms. The van der Waals surface area contributed by atoms with Gasteiger partial charge in [0.25, 0.3) is 5.91 Å². The second kappa shape index (κ2) is 8.76. The lowest BCUT2D eigenvalue weighted by Crippen LogP contribution is -2.37. The summed E-state index contributed by atoms with van der Waals surface area (Å²) in [6.07, 6.45) is 0. The van der Waals surface area contributed by atoms with E-state index in [1.807, 2.05) is 58.2 Å². The van der Waals surface area contributed by atoms with Crippen LogP contribution in [0.4, 0.5) is 0 Å². The van der Waals surface area contributed by atoms with E-state index in [2.05, 4.69) is 15.2 Å². The first-order valence-corrected chi connectivity index (χ1v) is 7.76. The number of nitrogens with one attached hydrogen (secondary N) is 2. The number of ether oxygens (including phenoxy) is 1. The zero-order chi connectivity index (χ0) is 17.0. The predicted octanol–water partition coefficient (Wildman–Crippen LogP) is 2.86. The van der Waals surface area contributed by atoms with Crippen molar-refractivity contribution in [3.05, 3.63) is 47.3 Å². The largest absolute Gasteiger partial charge is 0.497 e. The number of carbonyl (C=O) groups is 1. The van der Waals surface area contributed by atoms with Crippen molar-refractivity contribution < 1.29 is 9.53 Å². The SMILES string of the molecule is CNC(C)CNC(=O)c1cc(C)n(-c2ccc(OC)cc2)c1C.Cl. The molecule has 0 aliphatic rings. The third-order valence-corrected chi connectivity index (χ3v) is 4.07. The van der Waals surface area contributed by atoms with Gasteiger partial charge in [0.2, 0.25) is 0 Å². The van der Waals surface area contributed by atoms with Gasteiger partial charge in [0.15, 0.2) is 0 Å². The molecule has 0 spiro atoms. The molecule has 1 heterocycles. The summed E-state index contributed by atoms with van der Waals surface area (Å²) < 4.78 is 7.27. The summed E-state index contributed by atoms with van der Waals surface area (Å²) in [7, 11) is 3.53. The topological polar surface area (TPSA) is 55.3 Å². The second-order valence-corrected chi connectivity index (χ2v) is 5.72. The van der Waals surface area contributed by atoms with Gasteiger partial charge in [-0.15, -0.1) is 12.4 Å². The molecule has 0 fully saturated rings. The highest BCUT2D eigenvalue weighted by molar-refractivity contribution is 5.96. The Bertz CT molecular complexity index is 680.